The lowest BCUT2D eigenvalue weighted by atomic mass is 9.83. The molecular formula is C27H38NO+. The van der Waals surface area contributed by atoms with Crippen molar-refractivity contribution in [1.82, 2.24) is 0 Å². The summed E-state index contributed by atoms with van der Waals surface area (Å²) in [5.41, 5.74) is 1.94. The minimum Gasteiger partial charge on any atom is -0.372 e. The quantitative estimate of drug-likeness (QED) is 0.377. The molecule has 1 saturated carbocycles. The van der Waals surface area contributed by atoms with E-state index in [9.17, 15) is 0 Å². The number of rotatable bonds is 8. The summed E-state index contributed by atoms with van der Waals surface area (Å²) in [6, 6.07) is 15.9. The molecule has 0 aromatic heterocycles. The van der Waals surface area contributed by atoms with Crippen molar-refractivity contribution in [3.05, 3.63) is 48.0 Å². The van der Waals surface area contributed by atoms with Crippen molar-refractivity contribution in [3.8, 4) is 0 Å². The zero-order valence-corrected chi connectivity index (χ0v) is 18.4. The standard InChI is InChI=1S/C27H38NO/c1-3-4-5-8-17-29-26-20-28(16-15-24-13-14-25(26)27(24,28)2)19-21-11-12-22-9-6-7-10-23(22)18-21/h6-7,9-12,18,24-26H,3-5,8,13-17,19-20H2,1-2H3/q+1/t24-,25+,26+,27+,28+/m0/s1. The molecule has 2 saturated heterocycles. The van der Waals surface area contributed by atoms with Gasteiger partial charge in [0, 0.05) is 30.4 Å². The van der Waals surface area contributed by atoms with Crippen molar-refractivity contribution < 1.29 is 9.22 Å². The second-order valence-electron chi connectivity index (χ2n) is 10.3. The van der Waals surface area contributed by atoms with Crippen LogP contribution in [0.1, 0.15) is 64.4 Å². The summed E-state index contributed by atoms with van der Waals surface area (Å²) in [4.78, 5) is 0. The van der Waals surface area contributed by atoms with Gasteiger partial charge in [-0.15, -0.1) is 0 Å². The van der Waals surface area contributed by atoms with Crippen molar-refractivity contribution in [2.75, 3.05) is 19.7 Å². The number of benzene rings is 2. The number of quaternary nitrogens is 1. The smallest absolute Gasteiger partial charge is 0.115 e. The van der Waals surface area contributed by atoms with Crippen LogP contribution in [0.3, 0.4) is 0 Å². The van der Waals surface area contributed by atoms with Gasteiger partial charge in [-0.05, 0) is 43.0 Å². The highest BCUT2D eigenvalue weighted by atomic mass is 16.5. The molecule has 0 bridgehead atoms. The molecule has 3 fully saturated rings. The van der Waals surface area contributed by atoms with Gasteiger partial charge in [-0.3, -0.25) is 0 Å². The van der Waals surface area contributed by atoms with Crippen LogP contribution >= 0.6 is 0 Å². The lowest BCUT2D eigenvalue weighted by Gasteiger charge is -2.44. The molecular weight excluding hydrogens is 354 g/mol. The molecule has 2 aromatic rings. The summed E-state index contributed by atoms with van der Waals surface area (Å²) in [5.74, 6) is 1.67. The first kappa shape index (κ1) is 19.6. The Morgan fingerprint density at radius 2 is 1.86 bits per heavy atom. The lowest BCUT2D eigenvalue weighted by molar-refractivity contribution is -0.966. The number of hydrogen-bond acceptors (Lipinski definition) is 1. The molecule has 29 heavy (non-hydrogen) atoms. The Balaban J connectivity index is 1.37. The van der Waals surface area contributed by atoms with Crippen LogP contribution in [-0.4, -0.2) is 35.8 Å². The Morgan fingerprint density at radius 1 is 1.00 bits per heavy atom. The van der Waals surface area contributed by atoms with E-state index < -0.39 is 0 Å². The molecule has 2 heteroatoms. The van der Waals surface area contributed by atoms with Crippen LogP contribution in [-0.2, 0) is 11.3 Å². The Morgan fingerprint density at radius 3 is 2.72 bits per heavy atom. The molecule has 2 nitrogen and oxygen atoms in total. The number of ether oxygens (including phenoxy) is 1. The second kappa shape index (κ2) is 7.71. The van der Waals surface area contributed by atoms with Gasteiger partial charge in [0.1, 0.15) is 24.7 Å². The average Bonchev–Trinajstić information content (AvgIpc) is 3.30. The predicted molar refractivity (Wildman–Crippen MR) is 121 cm³/mol. The molecule has 3 aliphatic rings. The van der Waals surface area contributed by atoms with E-state index in [4.69, 9.17) is 4.74 Å². The molecule has 0 N–H and O–H groups in total. The second-order valence-corrected chi connectivity index (χ2v) is 10.3. The van der Waals surface area contributed by atoms with Crippen molar-refractivity contribution in [1.29, 1.82) is 0 Å². The van der Waals surface area contributed by atoms with Gasteiger partial charge in [-0.1, -0.05) is 62.6 Å². The van der Waals surface area contributed by atoms with Crippen LogP contribution in [0.25, 0.3) is 10.8 Å². The highest BCUT2D eigenvalue weighted by Gasteiger charge is 2.71. The zero-order chi connectivity index (χ0) is 19.9. The Kier molecular flexibility index (Phi) is 5.20. The van der Waals surface area contributed by atoms with Crippen LogP contribution in [0.15, 0.2) is 42.5 Å². The normalized spacial score (nSPS) is 35.4. The van der Waals surface area contributed by atoms with Crippen LogP contribution in [0.2, 0.25) is 0 Å². The fourth-order valence-electron chi connectivity index (χ4n) is 7.34. The van der Waals surface area contributed by atoms with Gasteiger partial charge in [0.05, 0.1) is 6.54 Å². The molecule has 2 aromatic carbocycles. The fraction of sp³-hybridized carbons (Fsp3) is 0.630. The summed E-state index contributed by atoms with van der Waals surface area (Å²) in [6.07, 6.45) is 9.92. The molecule has 0 unspecified atom stereocenters. The summed E-state index contributed by atoms with van der Waals surface area (Å²) < 4.78 is 7.88. The molecule has 2 heterocycles. The Bertz CT molecular complexity index is 862. The molecule has 0 amide bonds. The number of fused-ring (bicyclic) bond motifs is 1. The first-order valence-corrected chi connectivity index (χ1v) is 12.1. The number of hydrogen-bond donors (Lipinski definition) is 0. The largest absolute Gasteiger partial charge is 0.372 e. The van der Waals surface area contributed by atoms with Gasteiger partial charge >= 0.3 is 0 Å². The molecule has 0 spiro atoms. The number of unbranched alkanes of at least 4 members (excludes halogenated alkanes) is 3. The monoisotopic (exact) mass is 392 g/mol. The van der Waals surface area contributed by atoms with Gasteiger partial charge < -0.3 is 9.22 Å². The molecule has 2 aliphatic heterocycles. The molecule has 156 valence electrons. The van der Waals surface area contributed by atoms with E-state index in [1.807, 2.05) is 0 Å². The first-order chi connectivity index (χ1) is 14.2. The topological polar surface area (TPSA) is 9.23 Å². The lowest BCUT2D eigenvalue weighted by Crippen LogP contribution is -2.57. The maximum absolute atomic E-state index is 6.60. The predicted octanol–water partition coefficient (Wildman–Crippen LogP) is 6.32. The summed E-state index contributed by atoms with van der Waals surface area (Å²) >= 11 is 0. The molecule has 0 radical (unpaired) electrons. The number of nitrogens with zero attached hydrogens (tertiary/aromatic N) is 1. The summed E-state index contributed by atoms with van der Waals surface area (Å²) in [5, 5.41) is 2.74. The van der Waals surface area contributed by atoms with Gasteiger partial charge in [0.15, 0.2) is 0 Å². The van der Waals surface area contributed by atoms with E-state index in [0.29, 0.717) is 11.6 Å². The van der Waals surface area contributed by atoms with Crippen molar-refractivity contribution >= 4 is 10.8 Å². The fourth-order valence-corrected chi connectivity index (χ4v) is 7.34. The third-order valence-corrected chi connectivity index (χ3v) is 8.94. The third-order valence-electron chi connectivity index (χ3n) is 8.94. The van der Waals surface area contributed by atoms with E-state index >= 15 is 0 Å². The van der Waals surface area contributed by atoms with Gasteiger partial charge in [0.2, 0.25) is 0 Å². The minimum absolute atomic E-state index is 0.430. The van der Waals surface area contributed by atoms with Crippen LogP contribution in [0, 0.1) is 11.8 Å². The van der Waals surface area contributed by atoms with Crippen LogP contribution in [0.4, 0.5) is 0 Å². The van der Waals surface area contributed by atoms with Gasteiger partial charge in [-0.2, -0.15) is 0 Å². The maximum Gasteiger partial charge on any atom is 0.115 e. The highest BCUT2D eigenvalue weighted by molar-refractivity contribution is 5.82. The van der Waals surface area contributed by atoms with Crippen molar-refractivity contribution in [2.45, 2.75) is 77.0 Å². The Labute approximate surface area is 176 Å². The van der Waals surface area contributed by atoms with E-state index in [-0.39, 0.29) is 0 Å². The highest BCUT2D eigenvalue weighted by Crippen LogP contribution is 2.61. The minimum atomic E-state index is 0.430. The van der Waals surface area contributed by atoms with Gasteiger partial charge in [-0.25, -0.2) is 0 Å². The molecule has 1 aliphatic carbocycles. The Hall–Kier alpha value is -1.38. The maximum atomic E-state index is 6.60. The average molecular weight is 393 g/mol. The van der Waals surface area contributed by atoms with E-state index in [0.717, 1.165) is 18.4 Å². The van der Waals surface area contributed by atoms with Crippen molar-refractivity contribution in [2.24, 2.45) is 11.8 Å². The van der Waals surface area contributed by atoms with E-state index in [2.05, 4.69) is 56.3 Å². The molecule has 5 rings (SSSR count). The molecule has 5 atom stereocenters. The van der Waals surface area contributed by atoms with Gasteiger partial charge in [0.25, 0.3) is 0 Å². The summed E-state index contributed by atoms with van der Waals surface area (Å²) in [6.45, 7) is 9.65. The van der Waals surface area contributed by atoms with Crippen molar-refractivity contribution in [3.63, 3.8) is 0 Å². The SMILES string of the molecule is CCCCCCO[C@@H]1C[N@+]2(Cc3ccc4ccccc4c3)CC[C@@H]3CC[C@H]1[C@@]32C. The first-order valence-electron chi connectivity index (χ1n) is 12.1. The van der Waals surface area contributed by atoms with E-state index in [1.165, 1.54) is 85.4 Å². The zero-order valence-electron chi connectivity index (χ0n) is 18.4. The van der Waals surface area contributed by atoms with Crippen LogP contribution < -0.4 is 0 Å². The third kappa shape index (κ3) is 3.15. The summed E-state index contributed by atoms with van der Waals surface area (Å²) in [7, 11) is 0. The van der Waals surface area contributed by atoms with E-state index in [1.54, 1.807) is 0 Å². The van der Waals surface area contributed by atoms with Crippen LogP contribution in [0.5, 0.6) is 0 Å².